The Morgan fingerprint density at radius 1 is 1.14 bits per heavy atom. The van der Waals surface area contributed by atoms with Crippen LogP contribution in [0.2, 0.25) is 5.02 Å². The van der Waals surface area contributed by atoms with Crippen LogP contribution < -0.4 is 10.1 Å². The minimum absolute atomic E-state index is 0.00413. The number of halogens is 4. The van der Waals surface area contributed by atoms with Crippen molar-refractivity contribution >= 4 is 27.3 Å². The van der Waals surface area contributed by atoms with Crippen molar-refractivity contribution in [1.29, 1.82) is 0 Å². The summed E-state index contributed by atoms with van der Waals surface area (Å²) in [6, 6.07) is 8.96. The van der Waals surface area contributed by atoms with Crippen LogP contribution in [0, 0.1) is 0 Å². The van der Waals surface area contributed by atoms with Crippen molar-refractivity contribution in [3.8, 4) is 5.75 Å². The van der Waals surface area contributed by atoms with Gasteiger partial charge in [-0.25, -0.2) is 8.42 Å². The summed E-state index contributed by atoms with van der Waals surface area (Å²) in [5, 5.41) is 1.99. The van der Waals surface area contributed by atoms with E-state index in [1.807, 2.05) is 5.32 Å². The highest BCUT2D eigenvalue weighted by molar-refractivity contribution is 7.91. The molecule has 152 valence electrons. The molecule has 1 amide bonds. The smallest absolute Gasteiger partial charge is 0.471 e. The molecule has 5 nitrogen and oxygen atoms in total. The van der Waals surface area contributed by atoms with E-state index in [1.165, 1.54) is 56.5 Å². The molecule has 0 aliphatic heterocycles. The Balaban J connectivity index is 2.15. The zero-order valence-corrected chi connectivity index (χ0v) is 16.5. The quantitative estimate of drug-likeness (QED) is 0.749. The van der Waals surface area contributed by atoms with E-state index in [1.54, 1.807) is 0 Å². The van der Waals surface area contributed by atoms with Gasteiger partial charge in [0.25, 0.3) is 0 Å². The van der Waals surface area contributed by atoms with Crippen LogP contribution in [0.3, 0.4) is 0 Å². The molecule has 0 fully saturated rings. The number of benzene rings is 2. The highest BCUT2D eigenvalue weighted by Crippen LogP contribution is 2.30. The van der Waals surface area contributed by atoms with Crippen LogP contribution in [-0.4, -0.2) is 33.7 Å². The molecule has 2 rings (SSSR count). The van der Waals surface area contributed by atoms with E-state index in [0.717, 1.165) is 0 Å². The molecule has 0 unspecified atom stereocenters. The average molecular weight is 436 g/mol. The molecule has 1 atom stereocenters. The molecule has 28 heavy (non-hydrogen) atoms. The van der Waals surface area contributed by atoms with Crippen molar-refractivity contribution in [2.45, 2.75) is 35.4 Å². The van der Waals surface area contributed by atoms with Crippen LogP contribution >= 0.6 is 11.6 Å². The molecule has 10 heteroatoms. The van der Waals surface area contributed by atoms with Gasteiger partial charge in [-0.15, -0.1) is 0 Å². The van der Waals surface area contributed by atoms with Crippen molar-refractivity contribution in [3.63, 3.8) is 0 Å². The van der Waals surface area contributed by atoms with Gasteiger partial charge in [0.05, 0.1) is 21.9 Å². The number of methoxy groups -OCH3 is 1. The number of sulfone groups is 1. The topological polar surface area (TPSA) is 72.5 Å². The second-order valence-corrected chi connectivity index (χ2v) is 8.38. The molecule has 0 saturated carbocycles. The molecule has 0 bridgehead atoms. The van der Waals surface area contributed by atoms with E-state index in [2.05, 4.69) is 0 Å². The van der Waals surface area contributed by atoms with Crippen LogP contribution in [0.1, 0.15) is 12.5 Å². The predicted molar refractivity (Wildman–Crippen MR) is 97.3 cm³/mol. The first-order valence-electron chi connectivity index (χ1n) is 8.00. The number of hydrogen-bond donors (Lipinski definition) is 1. The Morgan fingerprint density at radius 3 is 2.21 bits per heavy atom. The molecule has 0 spiro atoms. The Labute approximate surface area is 165 Å². The number of nitrogens with one attached hydrogen (secondary N) is 1. The minimum Gasteiger partial charge on any atom is -0.495 e. The van der Waals surface area contributed by atoms with Gasteiger partial charge < -0.3 is 10.1 Å². The molecule has 0 aliphatic carbocycles. The highest BCUT2D eigenvalue weighted by Gasteiger charge is 2.39. The number of ether oxygens (including phenoxy) is 1. The van der Waals surface area contributed by atoms with Gasteiger partial charge in [0.15, 0.2) is 0 Å². The number of rotatable bonds is 6. The summed E-state index contributed by atoms with van der Waals surface area (Å²) in [6.07, 6.45) is -4.84. The van der Waals surface area contributed by atoms with Gasteiger partial charge in [0.2, 0.25) is 9.84 Å². The number of hydrogen-bond acceptors (Lipinski definition) is 4. The Morgan fingerprint density at radius 2 is 1.71 bits per heavy atom. The van der Waals surface area contributed by atoms with Crippen LogP contribution in [0.15, 0.2) is 52.3 Å². The van der Waals surface area contributed by atoms with Gasteiger partial charge >= 0.3 is 12.1 Å². The van der Waals surface area contributed by atoms with E-state index in [4.69, 9.17) is 16.3 Å². The molecule has 0 aliphatic rings. The Hall–Kier alpha value is -2.26. The zero-order chi connectivity index (χ0) is 21.1. The van der Waals surface area contributed by atoms with Crippen LogP contribution in [0.4, 0.5) is 13.2 Å². The highest BCUT2D eigenvalue weighted by atomic mass is 35.5. The minimum atomic E-state index is -4.95. The fourth-order valence-electron chi connectivity index (χ4n) is 2.47. The van der Waals surface area contributed by atoms with Gasteiger partial charge in [0, 0.05) is 6.04 Å². The molecule has 0 aromatic heterocycles. The monoisotopic (exact) mass is 435 g/mol. The maximum atomic E-state index is 12.7. The summed E-state index contributed by atoms with van der Waals surface area (Å²) < 4.78 is 67.2. The summed E-state index contributed by atoms with van der Waals surface area (Å²) >= 11 is 5.98. The standard InChI is InChI=1S/C18H17ClF3NO4S/c1-11(23-17(24)18(20,21)22)9-12-3-5-13(6-4-12)28(25,26)14-7-8-16(27-2)15(19)10-14/h3-8,10-11H,9H2,1-2H3,(H,23,24)/t11-/m1/s1. The number of amides is 1. The molecule has 2 aromatic rings. The zero-order valence-electron chi connectivity index (χ0n) is 14.9. The summed E-state index contributed by atoms with van der Waals surface area (Å²) in [4.78, 5) is 10.9. The fraction of sp³-hybridized carbons (Fsp3) is 0.278. The molecule has 1 N–H and O–H groups in total. The normalized spacial score (nSPS) is 13.1. The molecular weight excluding hydrogens is 419 g/mol. The van der Waals surface area contributed by atoms with Crippen LogP contribution in [-0.2, 0) is 21.1 Å². The van der Waals surface area contributed by atoms with E-state index in [9.17, 15) is 26.4 Å². The number of carbonyl (C=O) groups is 1. The fourth-order valence-corrected chi connectivity index (χ4v) is 4.07. The second-order valence-electron chi connectivity index (χ2n) is 6.02. The maximum absolute atomic E-state index is 12.7. The lowest BCUT2D eigenvalue weighted by molar-refractivity contribution is -0.174. The van der Waals surface area contributed by atoms with Gasteiger partial charge in [-0.3, -0.25) is 4.79 Å². The van der Waals surface area contributed by atoms with E-state index < -0.39 is 28.0 Å². The van der Waals surface area contributed by atoms with E-state index in [0.29, 0.717) is 11.3 Å². The molecular formula is C18H17ClF3NO4S. The van der Waals surface area contributed by atoms with Crippen molar-refractivity contribution in [2.75, 3.05) is 7.11 Å². The van der Waals surface area contributed by atoms with Gasteiger partial charge in [-0.1, -0.05) is 23.7 Å². The second kappa shape index (κ2) is 8.40. The summed E-state index contributed by atoms with van der Waals surface area (Å²) in [6.45, 7) is 1.42. The Kier molecular flexibility index (Phi) is 6.61. The molecule has 2 aromatic carbocycles. The summed E-state index contributed by atoms with van der Waals surface area (Å²) in [5.74, 6) is -1.68. The first-order valence-corrected chi connectivity index (χ1v) is 9.86. The molecule has 0 radical (unpaired) electrons. The van der Waals surface area contributed by atoms with Crippen molar-refractivity contribution < 1.29 is 31.1 Å². The van der Waals surface area contributed by atoms with Crippen LogP contribution in [0.5, 0.6) is 5.75 Å². The first-order chi connectivity index (χ1) is 12.9. The third-order valence-electron chi connectivity index (χ3n) is 3.84. The number of carbonyl (C=O) groups excluding carboxylic acids is 1. The van der Waals surface area contributed by atoms with E-state index >= 15 is 0 Å². The van der Waals surface area contributed by atoms with Gasteiger partial charge in [-0.2, -0.15) is 13.2 Å². The van der Waals surface area contributed by atoms with E-state index in [-0.39, 0.29) is 21.2 Å². The molecule has 0 saturated heterocycles. The predicted octanol–water partition coefficient (Wildman–Crippen LogP) is 3.79. The Bertz CT molecular complexity index is 960. The summed E-state index contributed by atoms with van der Waals surface area (Å²) in [5.41, 5.74) is 0.571. The van der Waals surface area contributed by atoms with Crippen molar-refractivity contribution in [1.82, 2.24) is 5.32 Å². The van der Waals surface area contributed by atoms with Crippen LogP contribution in [0.25, 0.3) is 0 Å². The lowest BCUT2D eigenvalue weighted by Gasteiger charge is -2.15. The SMILES string of the molecule is COc1ccc(S(=O)(=O)c2ccc(C[C@@H](C)NC(=O)C(F)(F)F)cc2)cc1Cl. The third-order valence-corrected chi connectivity index (χ3v) is 5.91. The number of alkyl halides is 3. The maximum Gasteiger partial charge on any atom is 0.471 e. The largest absolute Gasteiger partial charge is 0.495 e. The lowest BCUT2D eigenvalue weighted by Crippen LogP contribution is -2.42. The molecule has 0 heterocycles. The van der Waals surface area contributed by atoms with Crippen molar-refractivity contribution in [2.24, 2.45) is 0 Å². The van der Waals surface area contributed by atoms with Gasteiger partial charge in [-0.05, 0) is 49.2 Å². The lowest BCUT2D eigenvalue weighted by atomic mass is 10.1. The average Bonchev–Trinajstić information content (AvgIpc) is 2.61. The first kappa shape index (κ1) is 22.0. The van der Waals surface area contributed by atoms with Crippen molar-refractivity contribution in [3.05, 3.63) is 53.1 Å². The van der Waals surface area contributed by atoms with Gasteiger partial charge in [0.1, 0.15) is 5.75 Å². The summed E-state index contributed by atoms with van der Waals surface area (Å²) in [7, 11) is -2.42. The third kappa shape index (κ3) is 5.17.